The second-order valence-electron chi connectivity index (χ2n) is 4.59. The van der Waals surface area contributed by atoms with E-state index in [2.05, 4.69) is 5.32 Å². The van der Waals surface area contributed by atoms with Gasteiger partial charge < -0.3 is 15.2 Å². The van der Waals surface area contributed by atoms with E-state index >= 15 is 0 Å². The lowest BCUT2D eigenvalue weighted by Crippen LogP contribution is -2.30. The van der Waals surface area contributed by atoms with Gasteiger partial charge in [0.1, 0.15) is 5.75 Å². The van der Waals surface area contributed by atoms with E-state index in [9.17, 15) is 9.90 Å². The summed E-state index contributed by atoms with van der Waals surface area (Å²) in [5, 5.41) is 12.7. The van der Waals surface area contributed by atoms with Crippen molar-refractivity contribution in [2.75, 3.05) is 6.61 Å². The van der Waals surface area contributed by atoms with Gasteiger partial charge in [-0.25, -0.2) is 0 Å². The molecule has 0 aromatic heterocycles. The smallest absolute Gasteiger partial charge is 0.258 e. The second kappa shape index (κ2) is 5.87. The highest BCUT2D eigenvalue weighted by Gasteiger charge is 2.23. The molecular formula is C14H19NO3. The van der Waals surface area contributed by atoms with Crippen molar-refractivity contribution in [1.82, 2.24) is 5.32 Å². The molecule has 0 bridgehead atoms. The van der Waals surface area contributed by atoms with E-state index in [0.717, 1.165) is 18.4 Å². The summed E-state index contributed by atoms with van der Waals surface area (Å²) in [5.41, 5.74) is 0.735. The summed E-state index contributed by atoms with van der Waals surface area (Å²) < 4.78 is 5.48. The van der Waals surface area contributed by atoms with Crippen molar-refractivity contribution >= 4 is 5.91 Å². The van der Waals surface area contributed by atoms with E-state index in [1.54, 1.807) is 6.07 Å². The molecule has 1 atom stereocenters. The van der Waals surface area contributed by atoms with Crippen LogP contribution in [0.2, 0.25) is 0 Å². The molecule has 18 heavy (non-hydrogen) atoms. The first kappa shape index (κ1) is 12.9. The van der Waals surface area contributed by atoms with Crippen molar-refractivity contribution in [2.24, 2.45) is 0 Å². The number of benzene rings is 1. The molecule has 1 aliphatic rings. The Hall–Kier alpha value is -1.55. The highest BCUT2D eigenvalue weighted by molar-refractivity contribution is 5.78. The molecule has 0 radical (unpaired) electrons. The number of rotatable bonds is 6. The molecule has 1 aliphatic carbocycles. The molecular weight excluding hydrogens is 230 g/mol. The number of aliphatic hydroxyl groups is 1. The monoisotopic (exact) mass is 249 g/mol. The first-order valence-electron chi connectivity index (χ1n) is 6.40. The zero-order chi connectivity index (χ0) is 13.0. The molecule has 2 N–H and O–H groups in total. The summed E-state index contributed by atoms with van der Waals surface area (Å²) in [7, 11) is 0. The Morgan fingerprint density at radius 2 is 2.22 bits per heavy atom. The van der Waals surface area contributed by atoms with Crippen molar-refractivity contribution in [3.63, 3.8) is 0 Å². The van der Waals surface area contributed by atoms with Gasteiger partial charge in [-0.05, 0) is 25.3 Å². The average molecular weight is 249 g/mol. The Kier molecular flexibility index (Phi) is 4.20. The summed E-state index contributed by atoms with van der Waals surface area (Å²) in [4.78, 5) is 11.5. The van der Waals surface area contributed by atoms with E-state index in [4.69, 9.17) is 4.74 Å². The van der Waals surface area contributed by atoms with Crippen LogP contribution in [0.25, 0.3) is 0 Å². The van der Waals surface area contributed by atoms with Gasteiger partial charge in [-0.15, -0.1) is 0 Å². The number of para-hydroxylation sites is 1. The van der Waals surface area contributed by atoms with Gasteiger partial charge >= 0.3 is 0 Å². The zero-order valence-corrected chi connectivity index (χ0v) is 10.6. The van der Waals surface area contributed by atoms with Crippen LogP contribution in [0.15, 0.2) is 24.3 Å². The minimum atomic E-state index is -0.548. The van der Waals surface area contributed by atoms with Crippen LogP contribution in [-0.4, -0.2) is 23.7 Å². The minimum Gasteiger partial charge on any atom is -0.483 e. The van der Waals surface area contributed by atoms with Gasteiger partial charge in [0.05, 0.1) is 6.10 Å². The van der Waals surface area contributed by atoms with Gasteiger partial charge in [0, 0.05) is 11.6 Å². The topological polar surface area (TPSA) is 58.6 Å². The zero-order valence-electron chi connectivity index (χ0n) is 10.6. The minimum absolute atomic E-state index is 0.00392. The standard InChI is InChI=1S/C14H19NO3/c1-2-12(16)11-5-3-4-6-13(11)18-9-14(17)15-10-7-8-10/h3-6,10,12,16H,2,7-9H2,1H3,(H,15,17). The first-order valence-corrected chi connectivity index (χ1v) is 6.40. The third kappa shape index (κ3) is 3.47. The maximum absolute atomic E-state index is 11.5. The van der Waals surface area contributed by atoms with Gasteiger partial charge in [0.2, 0.25) is 0 Å². The molecule has 1 amide bonds. The van der Waals surface area contributed by atoms with E-state index < -0.39 is 6.10 Å². The quantitative estimate of drug-likeness (QED) is 0.808. The SMILES string of the molecule is CCC(O)c1ccccc1OCC(=O)NC1CC1. The molecule has 1 unspecified atom stereocenters. The molecule has 0 saturated heterocycles. The van der Waals surface area contributed by atoms with E-state index in [1.165, 1.54) is 0 Å². The lowest BCUT2D eigenvalue weighted by molar-refractivity contribution is -0.123. The van der Waals surface area contributed by atoms with Crippen molar-refractivity contribution < 1.29 is 14.6 Å². The molecule has 2 rings (SSSR count). The summed E-state index contributed by atoms with van der Waals surface area (Å²) in [5.74, 6) is 0.482. The summed E-state index contributed by atoms with van der Waals surface area (Å²) in [6, 6.07) is 7.63. The van der Waals surface area contributed by atoms with Crippen LogP contribution < -0.4 is 10.1 Å². The van der Waals surface area contributed by atoms with Crippen LogP contribution in [0, 0.1) is 0 Å². The van der Waals surface area contributed by atoms with E-state index in [1.807, 2.05) is 25.1 Å². The highest BCUT2D eigenvalue weighted by atomic mass is 16.5. The van der Waals surface area contributed by atoms with Crippen LogP contribution >= 0.6 is 0 Å². The third-order valence-electron chi connectivity index (χ3n) is 2.97. The summed E-state index contributed by atoms with van der Waals surface area (Å²) >= 11 is 0. The maximum Gasteiger partial charge on any atom is 0.258 e. The van der Waals surface area contributed by atoms with Crippen molar-refractivity contribution in [3.8, 4) is 5.75 Å². The van der Waals surface area contributed by atoms with Crippen molar-refractivity contribution in [3.05, 3.63) is 29.8 Å². The second-order valence-corrected chi connectivity index (χ2v) is 4.59. The molecule has 98 valence electrons. The predicted octanol–water partition coefficient (Wildman–Crippen LogP) is 1.79. The maximum atomic E-state index is 11.5. The van der Waals surface area contributed by atoms with Crippen LogP contribution in [-0.2, 0) is 4.79 Å². The summed E-state index contributed by atoms with van der Waals surface area (Å²) in [6.07, 6.45) is 2.20. The Morgan fingerprint density at radius 3 is 2.89 bits per heavy atom. The van der Waals surface area contributed by atoms with Gasteiger partial charge in [0.25, 0.3) is 5.91 Å². The number of hydrogen-bond donors (Lipinski definition) is 2. The van der Waals surface area contributed by atoms with Gasteiger partial charge in [-0.2, -0.15) is 0 Å². The number of carbonyl (C=O) groups excluding carboxylic acids is 1. The Balaban J connectivity index is 1.93. The molecule has 4 nitrogen and oxygen atoms in total. The van der Waals surface area contributed by atoms with E-state index in [0.29, 0.717) is 18.2 Å². The lowest BCUT2D eigenvalue weighted by Gasteiger charge is -2.14. The first-order chi connectivity index (χ1) is 8.70. The molecule has 1 fully saturated rings. The third-order valence-corrected chi connectivity index (χ3v) is 2.97. The Labute approximate surface area is 107 Å². The number of amides is 1. The molecule has 0 heterocycles. The molecule has 0 spiro atoms. The van der Waals surface area contributed by atoms with Crippen LogP contribution in [0.5, 0.6) is 5.75 Å². The normalized spacial score (nSPS) is 16.1. The number of aliphatic hydroxyl groups excluding tert-OH is 1. The predicted molar refractivity (Wildman–Crippen MR) is 68.4 cm³/mol. The number of carbonyl (C=O) groups is 1. The molecule has 0 aliphatic heterocycles. The number of hydrogen-bond acceptors (Lipinski definition) is 3. The van der Waals surface area contributed by atoms with Gasteiger partial charge in [-0.3, -0.25) is 4.79 Å². The number of ether oxygens (including phenoxy) is 1. The van der Waals surface area contributed by atoms with E-state index in [-0.39, 0.29) is 12.5 Å². The van der Waals surface area contributed by atoms with Crippen molar-refractivity contribution in [2.45, 2.75) is 38.3 Å². The average Bonchev–Trinajstić information content (AvgIpc) is 3.19. The molecule has 1 aromatic rings. The van der Waals surface area contributed by atoms with Crippen LogP contribution in [0.4, 0.5) is 0 Å². The fourth-order valence-electron chi connectivity index (χ4n) is 1.75. The highest BCUT2D eigenvalue weighted by Crippen LogP contribution is 2.26. The molecule has 4 heteroatoms. The van der Waals surface area contributed by atoms with Gasteiger partial charge in [-0.1, -0.05) is 25.1 Å². The fraction of sp³-hybridized carbons (Fsp3) is 0.500. The number of nitrogens with one attached hydrogen (secondary N) is 1. The summed E-state index contributed by atoms with van der Waals surface area (Å²) in [6.45, 7) is 1.91. The fourth-order valence-corrected chi connectivity index (χ4v) is 1.75. The van der Waals surface area contributed by atoms with Gasteiger partial charge in [0.15, 0.2) is 6.61 Å². The van der Waals surface area contributed by atoms with Crippen LogP contribution in [0.1, 0.15) is 37.9 Å². The lowest BCUT2D eigenvalue weighted by atomic mass is 10.1. The molecule has 1 saturated carbocycles. The largest absolute Gasteiger partial charge is 0.483 e. The van der Waals surface area contributed by atoms with Crippen molar-refractivity contribution in [1.29, 1.82) is 0 Å². The Morgan fingerprint density at radius 1 is 1.50 bits per heavy atom. The van der Waals surface area contributed by atoms with Crippen LogP contribution in [0.3, 0.4) is 0 Å². The molecule has 1 aromatic carbocycles. The Bertz CT molecular complexity index is 415.